The van der Waals surface area contributed by atoms with Gasteiger partial charge in [0, 0.05) is 26.3 Å². The number of carboxylic acid groups (broad SMARTS) is 1. The van der Waals surface area contributed by atoms with Crippen LogP contribution in [0.1, 0.15) is 30.3 Å². The number of hydrogen-bond donors (Lipinski definition) is 2. The highest BCUT2D eigenvalue weighted by molar-refractivity contribution is 7.89. The second-order valence-corrected chi connectivity index (χ2v) is 6.89. The summed E-state index contributed by atoms with van der Waals surface area (Å²) in [6.07, 6.45) is 2.82. The molecule has 0 aliphatic rings. The molecule has 1 aromatic heterocycles. The van der Waals surface area contributed by atoms with Crippen molar-refractivity contribution in [3.63, 3.8) is 0 Å². The number of nitrogens with one attached hydrogen (secondary N) is 1. The van der Waals surface area contributed by atoms with Crippen molar-refractivity contribution in [1.82, 2.24) is 14.2 Å². The maximum Gasteiger partial charge on any atom is 0.352 e. The van der Waals surface area contributed by atoms with E-state index >= 15 is 0 Å². The molecule has 8 heteroatoms. The molecule has 7 nitrogen and oxygen atoms in total. The smallest absolute Gasteiger partial charge is 0.352 e. The maximum absolute atomic E-state index is 12.4. The monoisotopic (exact) mass is 317 g/mol. The van der Waals surface area contributed by atoms with Gasteiger partial charge < -0.3 is 15.0 Å². The minimum Gasteiger partial charge on any atom is -0.477 e. The van der Waals surface area contributed by atoms with Gasteiger partial charge in [0.15, 0.2) is 0 Å². The van der Waals surface area contributed by atoms with E-state index in [0.717, 1.165) is 13.0 Å². The van der Waals surface area contributed by atoms with Crippen LogP contribution in [-0.2, 0) is 16.6 Å². The van der Waals surface area contributed by atoms with Crippen LogP contribution in [0.5, 0.6) is 0 Å². The van der Waals surface area contributed by atoms with Crippen molar-refractivity contribution in [3.8, 4) is 0 Å². The fraction of sp³-hybridized carbons (Fsp3) is 0.615. The predicted molar refractivity (Wildman–Crippen MR) is 80.0 cm³/mol. The van der Waals surface area contributed by atoms with Crippen LogP contribution in [0.25, 0.3) is 0 Å². The van der Waals surface area contributed by atoms with Gasteiger partial charge in [0.05, 0.1) is 0 Å². The van der Waals surface area contributed by atoms with Gasteiger partial charge in [-0.1, -0.05) is 6.92 Å². The van der Waals surface area contributed by atoms with Crippen LogP contribution in [0.4, 0.5) is 0 Å². The van der Waals surface area contributed by atoms with Crippen LogP contribution in [-0.4, -0.2) is 55.6 Å². The number of aryl methyl sites for hydroxylation is 1. The molecule has 0 unspecified atom stereocenters. The van der Waals surface area contributed by atoms with E-state index in [9.17, 15) is 13.2 Å². The first-order valence-electron chi connectivity index (χ1n) is 6.89. The molecule has 0 fully saturated rings. The van der Waals surface area contributed by atoms with Crippen LogP contribution >= 0.6 is 0 Å². The number of hydrogen-bond acceptors (Lipinski definition) is 4. The number of nitrogens with zero attached hydrogens (tertiary/aromatic N) is 2. The SMILES string of the molecule is CCCn1cc(S(=O)(=O)N(C)CCCNC)cc1C(=O)O. The highest BCUT2D eigenvalue weighted by Crippen LogP contribution is 2.19. The first-order valence-corrected chi connectivity index (χ1v) is 8.33. The maximum atomic E-state index is 12.4. The minimum atomic E-state index is -3.65. The van der Waals surface area contributed by atoms with E-state index in [1.165, 1.54) is 28.2 Å². The Bertz CT molecular complexity index is 580. The summed E-state index contributed by atoms with van der Waals surface area (Å²) >= 11 is 0. The second-order valence-electron chi connectivity index (χ2n) is 4.84. The van der Waals surface area contributed by atoms with E-state index in [2.05, 4.69) is 5.32 Å². The van der Waals surface area contributed by atoms with E-state index < -0.39 is 16.0 Å². The normalized spacial score (nSPS) is 12.0. The molecule has 0 radical (unpaired) electrons. The zero-order chi connectivity index (χ0) is 16.0. The number of aromatic carboxylic acids is 1. The Kier molecular flexibility index (Phi) is 6.38. The first-order chi connectivity index (χ1) is 9.84. The molecule has 1 heterocycles. The van der Waals surface area contributed by atoms with E-state index in [1.807, 2.05) is 6.92 Å². The van der Waals surface area contributed by atoms with Crippen LogP contribution in [0.2, 0.25) is 0 Å². The first kappa shape index (κ1) is 17.7. The van der Waals surface area contributed by atoms with Gasteiger partial charge in [-0.25, -0.2) is 17.5 Å². The summed E-state index contributed by atoms with van der Waals surface area (Å²) in [6, 6.07) is 1.22. The van der Waals surface area contributed by atoms with Crippen molar-refractivity contribution in [2.24, 2.45) is 0 Å². The lowest BCUT2D eigenvalue weighted by atomic mass is 10.4. The van der Waals surface area contributed by atoms with Gasteiger partial charge in [-0.2, -0.15) is 0 Å². The van der Waals surface area contributed by atoms with Gasteiger partial charge in [0.1, 0.15) is 10.6 Å². The third-order valence-corrected chi connectivity index (χ3v) is 4.99. The van der Waals surface area contributed by atoms with E-state index in [0.29, 0.717) is 19.5 Å². The highest BCUT2D eigenvalue weighted by atomic mass is 32.2. The summed E-state index contributed by atoms with van der Waals surface area (Å²) in [5.74, 6) is -1.12. The molecule has 0 saturated heterocycles. The van der Waals surface area contributed by atoms with Crippen LogP contribution in [0, 0.1) is 0 Å². The third-order valence-electron chi connectivity index (χ3n) is 3.16. The Hall–Kier alpha value is -1.38. The Labute approximate surface area is 125 Å². The zero-order valence-electron chi connectivity index (χ0n) is 12.7. The van der Waals surface area contributed by atoms with Gasteiger partial charge in [-0.3, -0.25) is 0 Å². The summed E-state index contributed by atoms with van der Waals surface area (Å²) < 4.78 is 27.6. The molecule has 0 spiro atoms. The van der Waals surface area contributed by atoms with Gasteiger partial charge in [0.25, 0.3) is 0 Å². The van der Waals surface area contributed by atoms with Crippen LogP contribution in [0.15, 0.2) is 17.2 Å². The summed E-state index contributed by atoms with van der Waals surface area (Å²) in [5, 5.41) is 12.1. The summed E-state index contributed by atoms with van der Waals surface area (Å²) in [5.41, 5.74) is -0.000880. The van der Waals surface area contributed by atoms with Crippen molar-refractivity contribution in [2.45, 2.75) is 31.2 Å². The van der Waals surface area contributed by atoms with Gasteiger partial charge in [-0.05, 0) is 32.5 Å². The molecule has 0 aromatic carbocycles. The number of carbonyl (C=O) groups is 1. The molecular formula is C13H23N3O4S. The lowest BCUT2D eigenvalue weighted by molar-refractivity contribution is 0.0685. The molecule has 0 aliphatic carbocycles. The molecule has 2 N–H and O–H groups in total. The minimum absolute atomic E-state index is 0.000880. The molecule has 1 aromatic rings. The molecule has 120 valence electrons. The molecule has 1 rings (SSSR count). The van der Waals surface area contributed by atoms with Gasteiger partial charge in [-0.15, -0.1) is 0 Å². The van der Waals surface area contributed by atoms with Crippen molar-refractivity contribution in [2.75, 3.05) is 27.2 Å². The van der Waals surface area contributed by atoms with E-state index in [4.69, 9.17) is 5.11 Å². The topological polar surface area (TPSA) is 91.6 Å². The molecule has 21 heavy (non-hydrogen) atoms. The second kappa shape index (κ2) is 7.58. The zero-order valence-corrected chi connectivity index (χ0v) is 13.5. The highest BCUT2D eigenvalue weighted by Gasteiger charge is 2.24. The van der Waals surface area contributed by atoms with E-state index in [-0.39, 0.29) is 10.6 Å². The largest absolute Gasteiger partial charge is 0.477 e. The van der Waals surface area contributed by atoms with Crippen LogP contribution in [0.3, 0.4) is 0 Å². The quantitative estimate of drug-likeness (QED) is 0.658. The molecular weight excluding hydrogens is 294 g/mol. The van der Waals surface area contributed by atoms with E-state index in [1.54, 1.807) is 7.05 Å². The number of carboxylic acids is 1. The fourth-order valence-electron chi connectivity index (χ4n) is 2.01. The number of aromatic nitrogens is 1. The lowest BCUT2D eigenvalue weighted by Crippen LogP contribution is -2.29. The molecule has 0 amide bonds. The predicted octanol–water partition coefficient (Wildman–Crippen LogP) is 0.826. The average molecular weight is 317 g/mol. The average Bonchev–Trinajstić information content (AvgIpc) is 2.84. The Balaban J connectivity index is 3.02. The summed E-state index contributed by atoms with van der Waals surface area (Å²) in [4.78, 5) is 11.2. The fourth-order valence-corrected chi connectivity index (χ4v) is 3.26. The summed E-state index contributed by atoms with van der Waals surface area (Å²) in [6.45, 7) is 3.48. The third kappa shape index (κ3) is 4.29. The van der Waals surface area contributed by atoms with Gasteiger partial charge in [0.2, 0.25) is 10.0 Å². The standard InChI is InChI=1S/C13H23N3O4S/c1-4-7-16-10-11(9-12(16)13(17)18)21(19,20)15(3)8-5-6-14-2/h9-10,14H,4-8H2,1-3H3,(H,17,18). The lowest BCUT2D eigenvalue weighted by Gasteiger charge is -2.15. The molecule has 0 saturated carbocycles. The molecule has 0 aliphatic heterocycles. The number of rotatable bonds is 9. The Morgan fingerprint density at radius 2 is 2.14 bits per heavy atom. The van der Waals surface area contributed by atoms with Crippen molar-refractivity contribution in [1.29, 1.82) is 0 Å². The molecule has 0 bridgehead atoms. The van der Waals surface area contributed by atoms with Crippen molar-refractivity contribution in [3.05, 3.63) is 18.0 Å². The van der Waals surface area contributed by atoms with Crippen molar-refractivity contribution >= 4 is 16.0 Å². The van der Waals surface area contributed by atoms with Crippen molar-refractivity contribution < 1.29 is 18.3 Å². The van der Waals surface area contributed by atoms with Gasteiger partial charge >= 0.3 is 5.97 Å². The Morgan fingerprint density at radius 3 is 2.67 bits per heavy atom. The Morgan fingerprint density at radius 1 is 1.48 bits per heavy atom. The van der Waals surface area contributed by atoms with Crippen LogP contribution < -0.4 is 5.32 Å². The molecule has 0 atom stereocenters. The number of sulfonamides is 1. The summed E-state index contributed by atoms with van der Waals surface area (Å²) in [7, 11) is -0.345.